The van der Waals surface area contributed by atoms with Crippen molar-refractivity contribution in [2.75, 3.05) is 11.1 Å². The Balaban J connectivity index is 2.07. The van der Waals surface area contributed by atoms with Crippen molar-refractivity contribution in [3.8, 4) is 0 Å². The molecule has 2 rings (SSSR count). The monoisotopic (exact) mass is 263 g/mol. The number of carbonyl (C=O) groups excluding carboxylic acids is 1. The van der Waals surface area contributed by atoms with Crippen molar-refractivity contribution in [1.82, 2.24) is 4.98 Å². The van der Waals surface area contributed by atoms with E-state index in [2.05, 4.69) is 10.3 Å². The summed E-state index contributed by atoms with van der Waals surface area (Å²) in [5.41, 5.74) is 5.63. The van der Waals surface area contributed by atoms with Crippen LogP contribution in [0.25, 0.3) is 0 Å². The molecule has 98 valence electrons. The first-order valence-electron chi connectivity index (χ1n) is 5.50. The van der Waals surface area contributed by atoms with Gasteiger partial charge in [0.25, 0.3) is 0 Å². The first kappa shape index (κ1) is 12.9. The number of carbonyl (C=O) groups is 1. The van der Waals surface area contributed by atoms with Crippen LogP contribution in [0.3, 0.4) is 0 Å². The third kappa shape index (κ3) is 3.25. The summed E-state index contributed by atoms with van der Waals surface area (Å²) in [6, 6.07) is 6.52. The van der Waals surface area contributed by atoms with E-state index in [1.165, 1.54) is 18.3 Å². The zero-order chi connectivity index (χ0) is 13.8. The SMILES string of the molecule is Nc1ccc(NC(=O)Cc2c(F)cccc2F)nc1. The summed E-state index contributed by atoms with van der Waals surface area (Å²) in [5, 5.41) is 2.43. The molecular weight excluding hydrogens is 252 g/mol. The lowest BCUT2D eigenvalue weighted by Crippen LogP contribution is -2.17. The number of aromatic nitrogens is 1. The van der Waals surface area contributed by atoms with Gasteiger partial charge in [0.1, 0.15) is 17.5 Å². The molecule has 0 aliphatic carbocycles. The largest absolute Gasteiger partial charge is 0.397 e. The summed E-state index contributed by atoms with van der Waals surface area (Å²) in [5.74, 6) is -1.78. The van der Waals surface area contributed by atoms with Crippen LogP contribution in [-0.4, -0.2) is 10.9 Å². The van der Waals surface area contributed by atoms with E-state index in [0.717, 1.165) is 12.1 Å². The molecule has 3 N–H and O–H groups in total. The van der Waals surface area contributed by atoms with Crippen LogP contribution in [0.2, 0.25) is 0 Å². The molecule has 0 spiro atoms. The minimum atomic E-state index is -0.750. The lowest BCUT2D eigenvalue weighted by molar-refractivity contribution is -0.115. The predicted molar refractivity (Wildman–Crippen MR) is 67.3 cm³/mol. The average molecular weight is 263 g/mol. The smallest absolute Gasteiger partial charge is 0.230 e. The molecule has 2 aromatic rings. The van der Waals surface area contributed by atoms with Crippen molar-refractivity contribution >= 4 is 17.4 Å². The third-order valence-corrected chi connectivity index (χ3v) is 2.45. The van der Waals surface area contributed by atoms with E-state index in [1.54, 1.807) is 6.07 Å². The van der Waals surface area contributed by atoms with Gasteiger partial charge in [0.05, 0.1) is 18.3 Å². The molecular formula is C13H11F2N3O. The second-order valence-electron chi connectivity index (χ2n) is 3.90. The normalized spacial score (nSPS) is 10.2. The molecule has 1 aromatic heterocycles. The number of nitrogens with zero attached hydrogens (tertiary/aromatic N) is 1. The molecule has 0 bridgehead atoms. The summed E-state index contributed by atoms with van der Waals surface area (Å²) in [4.78, 5) is 15.5. The molecule has 0 aliphatic heterocycles. The van der Waals surface area contributed by atoms with Crippen molar-refractivity contribution in [1.29, 1.82) is 0 Å². The van der Waals surface area contributed by atoms with Gasteiger partial charge >= 0.3 is 0 Å². The molecule has 19 heavy (non-hydrogen) atoms. The fraction of sp³-hybridized carbons (Fsp3) is 0.0769. The van der Waals surface area contributed by atoms with E-state index < -0.39 is 24.0 Å². The van der Waals surface area contributed by atoms with E-state index >= 15 is 0 Å². The number of hydrogen-bond donors (Lipinski definition) is 2. The Kier molecular flexibility index (Phi) is 3.70. The topological polar surface area (TPSA) is 68.0 Å². The Morgan fingerprint density at radius 3 is 2.47 bits per heavy atom. The third-order valence-electron chi connectivity index (χ3n) is 2.45. The van der Waals surface area contributed by atoms with Gasteiger partial charge in [-0.2, -0.15) is 0 Å². The van der Waals surface area contributed by atoms with Gasteiger partial charge in [0.15, 0.2) is 0 Å². The van der Waals surface area contributed by atoms with Crippen molar-refractivity contribution in [2.24, 2.45) is 0 Å². The first-order valence-corrected chi connectivity index (χ1v) is 5.50. The number of nitrogen functional groups attached to an aromatic ring is 1. The van der Waals surface area contributed by atoms with Crippen LogP contribution in [0.1, 0.15) is 5.56 Å². The zero-order valence-corrected chi connectivity index (χ0v) is 9.86. The molecule has 1 heterocycles. The Morgan fingerprint density at radius 2 is 1.89 bits per heavy atom. The maximum atomic E-state index is 13.4. The molecule has 4 nitrogen and oxygen atoms in total. The highest BCUT2D eigenvalue weighted by atomic mass is 19.1. The fourth-order valence-corrected chi connectivity index (χ4v) is 1.53. The van der Waals surface area contributed by atoms with E-state index in [-0.39, 0.29) is 11.4 Å². The Hall–Kier alpha value is -2.50. The van der Waals surface area contributed by atoms with Crippen LogP contribution in [0.5, 0.6) is 0 Å². The van der Waals surface area contributed by atoms with Gasteiger partial charge in [0, 0.05) is 5.56 Å². The van der Waals surface area contributed by atoms with Gasteiger partial charge < -0.3 is 11.1 Å². The molecule has 1 amide bonds. The van der Waals surface area contributed by atoms with Crippen LogP contribution in [0.4, 0.5) is 20.3 Å². The molecule has 0 radical (unpaired) electrons. The van der Waals surface area contributed by atoms with Crippen LogP contribution >= 0.6 is 0 Å². The number of rotatable bonds is 3. The number of benzene rings is 1. The molecule has 0 unspecified atom stereocenters. The van der Waals surface area contributed by atoms with Crippen LogP contribution in [0, 0.1) is 11.6 Å². The minimum absolute atomic E-state index is 0.268. The highest BCUT2D eigenvalue weighted by Crippen LogP contribution is 2.13. The maximum absolute atomic E-state index is 13.4. The maximum Gasteiger partial charge on any atom is 0.230 e. The number of pyridine rings is 1. The quantitative estimate of drug-likeness (QED) is 0.891. The number of hydrogen-bond acceptors (Lipinski definition) is 3. The zero-order valence-electron chi connectivity index (χ0n) is 9.86. The Labute approximate surface area is 108 Å². The van der Waals surface area contributed by atoms with Crippen molar-refractivity contribution in [2.45, 2.75) is 6.42 Å². The number of nitrogens with one attached hydrogen (secondary N) is 1. The van der Waals surface area contributed by atoms with Crippen LogP contribution in [0.15, 0.2) is 36.5 Å². The average Bonchev–Trinajstić information content (AvgIpc) is 2.37. The van der Waals surface area contributed by atoms with Crippen molar-refractivity contribution in [3.05, 3.63) is 53.7 Å². The molecule has 0 fully saturated rings. The first-order chi connectivity index (χ1) is 9.06. The molecule has 0 saturated heterocycles. The van der Waals surface area contributed by atoms with E-state index in [4.69, 9.17) is 5.73 Å². The van der Waals surface area contributed by atoms with E-state index in [9.17, 15) is 13.6 Å². The highest BCUT2D eigenvalue weighted by molar-refractivity contribution is 5.91. The van der Waals surface area contributed by atoms with Gasteiger partial charge in [-0.05, 0) is 24.3 Å². The molecule has 0 atom stereocenters. The minimum Gasteiger partial charge on any atom is -0.397 e. The van der Waals surface area contributed by atoms with Gasteiger partial charge in [-0.25, -0.2) is 13.8 Å². The molecule has 6 heteroatoms. The highest BCUT2D eigenvalue weighted by Gasteiger charge is 2.13. The number of anilines is 2. The van der Waals surface area contributed by atoms with E-state index in [1.807, 2.05) is 0 Å². The molecule has 0 saturated carbocycles. The van der Waals surface area contributed by atoms with Gasteiger partial charge in [-0.1, -0.05) is 6.07 Å². The fourth-order valence-electron chi connectivity index (χ4n) is 1.53. The van der Waals surface area contributed by atoms with Crippen molar-refractivity contribution in [3.63, 3.8) is 0 Å². The number of halogens is 2. The Bertz CT molecular complexity index is 579. The number of nitrogens with two attached hydrogens (primary N) is 1. The summed E-state index contributed by atoms with van der Waals surface area (Å²) >= 11 is 0. The van der Waals surface area contributed by atoms with Crippen LogP contribution in [-0.2, 0) is 11.2 Å². The summed E-state index contributed by atoms with van der Waals surface area (Å²) < 4.78 is 26.7. The second kappa shape index (κ2) is 5.43. The van der Waals surface area contributed by atoms with Gasteiger partial charge in [-0.15, -0.1) is 0 Å². The Morgan fingerprint density at radius 1 is 1.21 bits per heavy atom. The summed E-state index contributed by atoms with van der Waals surface area (Å²) in [7, 11) is 0. The predicted octanol–water partition coefficient (Wildman–Crippen LogP) is 2.12. The summed E-state index contributed by atoms with van der Waals surface area (Å²) in [6.45, 7) is 0. The second-order valence-corrected chi connectivity index (χ2v) is 3.90. The molecule has 0 aliphatic rings. The van der Waals surface area contributed by atoms with Gasteiger partial charge in [0.2, 0.25) is 5.91 Å². The van der Waals surface area contributed by atoms with Gasteiger partial charge in [-0.3, -0.25) is 4.79 Å². The standard InChI is InChI=1S/C13H11F2N3O/c14-10-2-1-3-11(15)9(10)6-13(19)18-12-5-4-8(16)7-17-12/h1-5,7H,6,16H2,(H,17,18,19). The summed E-state index contributed by atoms with van der Waals surface area (Å²) in [6.07, 6.45) is 0.976. The van der Waals surface area contributed by atoms with Crippen LogP contribution < -0.4 is 11.1 Å². The lowest BCUT2D eigenvalue weighted by Gasteiger charge is -2.06. The number of amides is 1. The lowest BCUT2D eigenvalue weighted by atomic mass is 10.1. The molecule has 1 aromatic carbocycles. The van der Waals surface area contributed by atoms with E-state index in [0.29, 0.717) is 5.69 Å². The van der Waals surface area contributed by atoms with Crippen molar-refractivity contribution < 1.29 is 13.6 Å².